The summed E-state index contributed by atoms with van der Waals surface area (Å²) in [6, 6.07) is 0. The van der Waals surface area contributed by atoms with Crippen LogP contribution in [0.25, 0.3) is 0 Å². The van der Waals surface area contributed by atoms with Gasteiger partial charge in [0.1, 0.15) is 6.79 Å². The van der Waals surface area contributed by atoms with Crippen LogP contribution in [0.15, 0.2) is 24.8 Å². The Labute approximate surface area is 90.8 Å². The van der Waals surface area contributed by atoms with Crippen molar-refractivity contribution < 1.29 is 14.3 Å². The van der Waals surface area contributed by atoms with E-state index < -0.39 is 0 Å². The number of rotatable bonds is 6. The van der Waals surface area contributed by atoms with Crippen LogP contribution in [0.4, 0.5) is 0 Å². The number of allylic oxidation sites excluding steroid dienone is 2. The summed E-state index contributed by atoms with van der Waals surface area (Å²) in [7, 11) is 1.60. The van der Waals surface area contributed by atoms with Gasteiger partial charge in [0.25, 0.3) is 0 Å². The third-order valence-electron chi connectivity index (χ3n) is 2.63. The molecule has 0 fully saturated rings. The third kappa shape index (κ3) is 3.61. The van der Waals surface area contributed by atoms with Crippen molar-refractivity contribution in [3.05, 3.63) is 24.8 Å². The first-order chi connectivity index (χ1) is 7.22. The molecule has 0 spiro atoms. The summed E-state index contributed by atoms with van der Waals surface area (Å²) in [5.74, 6) is 0.196. The summed E-state index contributed by atoms with van der Waals surface area (Å²) in [5, 5.41) is 0. The second-order valence-electron chi connectivity index (χ2n) is 3.91. The third-order valence-corrected chi connectivity index (χ3v) is 2.63. The molecule has 0 aromatic carbocycles. The SMILES string of the molecule is C=CCC1(COCOC)C=CC(=O)CC1. The fourth-order valence-corrected chi connectivity index (χ4v) is 1.77. The zero-order valence-corrected chi connectivity index (χ0v) is 9.20. The van der Waals surface area contributed by atoms with Gasteiger partial charge in [0.05, 0.1) is 6.61 Å². The van der Waals surface area contributed by atoms with Gasteiger partial charge in [0.15, 0.2) is 5.78 Å². The van der Waals surface area contributed by atoms with Gasteiger partial charge in [0, 0.05) is 18.9 Å². The first-order valence-corrected chi connectivity index (χ1v) is 5.12. The Bertz CT molecular complexity index is 258. The first kappa shape index (κ1) is 12.1. The molecular formula is C12H18O3. The van der Waals surface area contributed by atoms with E-state index in [-0.39, 0.29) is 11.2 Å². The predicted octanol–water partition coefficient (Wildman–Crippen LogP) is 2.09. The van der Waals surface area contributed by atoms with Gasteiger partial charge in [-0.1, -0.05) is 12.2 Å². The molecule has 1 unspecified atom stereocenters. The molecule has 1 rings (SSSR count). The quantitative estimate of drug-likeness (QED) is 0.382. The van der Waals surface area contributed by atoms with Crippen LogP contribution in [-0.2, 0) is 14.3 Å². The molecule has 1 aliphatic rings. The van der Waals surface area contributed by atoms with E-state index >= 15 is 0 Å². The molecule has 3 nitrogen and oxygen atoms in total. The molecule has 0 aromatic heterocycles. The van der Waals surface area contributed by atoms with E-state index in [9.17, 15) is 4.79 Å². The summed E-state index contributed by atoms with van der Waals surface area (Å²) in [6.45, 7) is 4.61. The number of carbonyl (C=O) groups is 1. The van der Waals surface area contributed by atoms with E-state index in [0.717, 1.165) is 12.8 Å². The molecule has 3 heteroatoms. The normalized spacial score (nSPS) is 25.5. The molecule has 0 aromatic rings. The van der Waals surface area contributed by atoms with Crippen molar-refractivity contribution in [3.63, 3.8) is 0 Å². The van der Waals surface area contributed by atoms with Crippen LogP contribution < -0.4 is 0 Å². The molecule has 15 heavy (non-hydrogen) atoms. The summed E-state index contributed by atoms with van der Waals surface area (Å²) < 4.78 is 10.2. The zero-order valence-electron chi connectivity index (χ0n) is 9.20. The van der Waals surface area contributed by atoms with Crippen LogP contribution in [0.5, 0.6) is 0 Å². The Hall–Kier alpha value is -0.930. The number of hydrogen-bond acceptors (Lipinski definition) is 3. The Morgan fingerprint density at radius 3 is 3.00 bits per heavy atom. The van der Waals surface area contributed by atoms with Crippen LogP contribution in [0, 0.1) is 5.41 Å². The maximum atomic E-state index is 11.1. The minimum absolute atomic E-state index is 0.0613. The first-order valence-electron chi connectivity index (χ1n) is 5.12. The van der Waals surface area contributed by atoms with Crippen LogP contribution in [-0.4, -0.2) is 26.3 Å². The van der Waals surface area contributed by atoms with Crippen molar-refractivity contribution in [2.45, 2.75) is 19.3 Å². The van der Waals surface area contributed by atoms with Crippen molar-refractivity contribution in [2.75, 3.05) is 20.5 Å². The minimum Gasteiger partial charge on any atom is -0.359 e. The van der Waals surface area contributed by atoms with Crippen molar-refractivity contribution in [2.24, 2.45) is 5.41 Å². The standard InChI is InChI=1S/C12H18O3/c1-3-6-12(9-15-10-14-2)7-4-11(13)5-8-12/h3-4,7H,1,5-6,8-10H2,2H3. The monoisotopic (exact) mass is 210 g/mol. The molecule has 84 valence electrons. The number of methoxy groups -OCH3 is 1. The lowest BCUT2D eigenvalue weighted by atomic mass is 9.77. The van der Waals surface area contributed by atoms with Gasteiger partial charge < -0.3 is 9.47 Å². The van der Waals surface area contributed by atoms with Gasteiger partial charge in [-0.2, -0.15) is 0 Å². The molecule has 0 heterocycles. The summed E-state index contributed by atoms with van der Waals surface area (Å²) in [5.41, 5.74) is -0.0613. The maximum Gasteiger partial charge on any atom is 0.155 e. The largest absolute Gasteiger partial charge is 0.359 e. The van der Waals surface area contributed by atoms with Gasteiger partial charge in [0.2, 0.25) is 0 Å². The van der Waals surface area contributed by atoms with Crippen LogP contribution >= 0.6 is 0 Å². The van der Waals surface area contributed by atoms with Gasteiger partial charge in [-0.25, -0.2) is 0 Å². The minimum atomic E-state index is -0.0613. The van der Waals surface area contributed by atoms with Crippen LogP contribution in [0.1, 0.15) is 19.3 Å². The van der Waals surface area contributed by atoms with Crippen molar-refractivity contribution in [3.8, 4) is 0 Å². The van der Waals surface area contributed by atoms with Gasteiger partial charge in [-0.3, -0.25) is 4.79 Å². The Morgan fingerprint density at radius 1 is 1.67 bits per heavy atom. The van der Waals surface area contributed by atoms with Gasteiger partial charge >= 0.3 is 0 Å². The number of ketones is 1. The average Bonchev–Trinajstić information content (AvgIpc) is 2.23. The lowest BCUT2D eigenvalue weighted by molar-refractivity contribution is -0.116. The highest BCUT2D eigenvalue weighted by molar-refractivity contribution is 5.90. The zero-order chi connectivity index (χ0) is 11.1. The summed E-state index contributed by atoms with van der Waals surface area (Å²) >= 11 is 0. The fourth-order valence-electron chi connectivity index (χ4n) is 1.77. The number of hydrogen-bond donors (Lipinski definition) is 0. The van der Waals surface area contributed by atoms with Crippen LogP contribution in [0.2, 0.25) is 0 Å². The van der Waals surface area contributed by atoms with E-state index in [1.165, 1.54) is 0 Å². The summed E-state index contributed by atoms with van der Waals surface area (Å²) in [6.07, 6.45) is 7.74. The smallest absolute Gasteiger partial charge is 0.155 e. The molecule has 0 amide bonds. The van der Waals surface area contributed by atoms with Crippen LogP contribution in [0.3, 0.4) is 0 Å². The lowest BCUT2D eigenvalue weighted by Gasteiger charge is -2.31. The molecule has 0 aliphatic heterocycles. The average molecular weight is 210 g/mol. The van der Waals surface area contributed by atoms with Gasteiger partial charge in [-0.15, -0.1) is 6.58 Å². The molecule has 1 aliphatic carbocycles. The number of ether oxygens (including phenoxy) is 2. The van der Waals surface area contributed by atoms with Crippen molar-refractivity contribution in [1.82, 2.24) is 0 Å². The van der Waals surface area contributed by atoms with E-state index in [4.69, 9.17) is 9.47 Å². The second-order valence-corrected chi connectivity index (χ2v) is 3.91. The lowest BCUT2D eigenvalue weighted by Crippen LogP contribution is -2.28. The highest BCUT2D eigenvalue weighted by Crippen LogP contribution is 2.34. The molecular weight excluding hydrogens is 192 g/mol. The molecule has 0 saturated heterocycles. The topological polar surface area (TPSA) is 35.5 Å². The van der Waals surface area contributed by atoms with E-state index in [0.29, 0.717) is 19.8 Å². The fraction of sp³-hybridized carbons (Fsp3) is 0.583. The number of carbonyl (C=O) groups excluding carboxylic acids is 1. The summed E-state index contributed by atoms with van der Waals surface area (Å²) in [4.78, 5) is 11.1. The highest BCUT2D eigenvalue weighted by Gasteiger charge is 2.29. The Balaban J connectivity index is 2.58. The molecule has 0 radical (unpaired) electrons. The maximum absolute atomic E-state index is 11.1. The molecule has 0 bridgehead atoms. The molecule has 0 saturated carbocycles. The Morgan fingerprint density at radius 2 is 2.47 bits per heavy atom. The molecule has 1 atom stereocenters. The predicted molar refractivity (Wildman–Crippen MR) is 58.5 cm³/mol. The highest BCUT2D eigenvalue weighted by atomic mass is 16.7. The Kier molecular flexibility index (Phi) is 4.72. The van der Waals surface area contributed by atoms with Crippen molar-refractivity contribution >= 4 is 5.78 Å². The van der Waals surface area contributed by atoms with E-state index in [1.54, 1.807) is 13.2 Å². The van der Waals surface area contributed by atoms with Crippen molar-refractivity contribution in [1.29, 1.82) is 0 Å². The van der Waals surface area contributed by atoms with E-state index in [1.807, 2.05) is 12.2 Å². The molecule has 0 N–H and O–H groups in total. The second kappa shape index (κ2) is 5.83. The van der Waals surface area contributed by atoms with E-state index in [2.05, 4.69) is 6.58 Å². The van der Waals surface area contributed by atoms with Gasteiger partial charge in [-0.05, 0) is 18.9 Å².